The van der Waals surface area contributed by atoms with Crippen LogP contribution in [0.25, 0.3) is 0 Å². The predicted molar refractivity (Wildman–Crippen MR) is 62.5 cm³/mol. The summed E-state index contributed by atoms with van der Waals surface area (Å²) in [5.41, 5.74) is 3.25. The van der Waals surface area contributed by atoms with E-state index in [4.69, 9.17) is 16.3 Å². The van der Waals surface area contributed by atoms with Gasteiger partial charge in [-0.3, -0.25) is 9.59 Å². The predicted octanol–water partition coefficient (Wildman–Crippen LogP) is 1.12. The summed E-state index contributed by atoms with van der Waals surface area (Å²) in [5.74, 6) is -1.23. The van der Waals surface area contributed by atoms with E-state index in [0.717, 1.165) is 0 Å². The van der Waals surface area contributed by atoms with Crippen molar-refractivity contribution in [3.63, 3.8) is 0 Å². The molecule has 6 heteroatoms. The topological polar surface area (TPSA) is 58.6 Å². The van der Waals surface area contributed by atoms with Gasteiger partial charge in [-0.2, -0.15) is 5.43 Å². The van der Waals surface area contributed by atoms with Crippen LogP contribution < -0.4 is 10.4 Å². The van der Waals surface area contributed by atoms with Crippen molar-refractivity contribution in [1.82, 2.24) is 5.43 Å². The molecule has 1 unspecified atom stereocenters. The van der Waals surface area contributed by atoms with Crippen molar-refractivity contribution in [1.29, 1.82) is 0 Å². The van der Waals surface area contributed by atoms with E-state index in [9.17, 15) is 9.59 Å². The molecule has 1 aliphatic heterocycles. The van der Waals surface area contributed by atoms with Crippen LogP contribution in [0.4, 0.5) is 5.69 Å². The second-order valence-electron chi connectivity index (χ2n) is 3.45. The number of benzene rings is 1. The summed E-state index contributed by atoms with van der Waals surface area (Å²) in [7, 11) is 0. The summed E-state index contributed by atoms with van der Waals surface area (Å²) >= 11 is 5.75. The Kier molecular flexibility index (Phi) is 3.42. The first-order valence-electron chi connectivity index (χ1n) is 5.15. The van der Waals surface area contributed by atoms with Crippen molar-refractivity contribution in [2.45, 2.75) is 13.2 Å². The summed E-state index contributed by atoms with van der Waals surface area (Å²) in [6, 6.07) is 6.58. The fourth-order valence-electron chi connectivity index (χ4n) is 1.52. The van der Waals surface area contributed by atoms with Crippen LogP contribution in [-0.2, 0) is 14.3 Å². The highest BCUT2D eigenvalue weighted by molar-refractivity contribution is 6.44. The molecule has 5 nitrogen and oxygen atoms in total. The number of Topliss-reactive ketones (excluding diaryl/α,β-unsaturated/α-hetero) is 1. The summed E-state index contributed by atoms with van der Waals surface area (Å²) in [6.45, 7) is 2.11. The number of amides is 1. The minimum atomic E-state index is -0.900. The van der Waals surface area contributed by atoms with Crippen LogP contribution in [0, 0.1) is 0 Å². The molecule has 1 N–H and O–H groups in total. The van der Waals surface area contributed by atoms with Crippen LogP contribution in [0.2, 0.25) is 5.02 Å². The molecule has 1 aromatic carbocycles. The maximum atomic E-state index is 11.7. The van der Waals surface area contributed by atoms with Crippen molar-refractivity contribution in [2.75, 3.05) is 11.6 Å². The number of hydrogen-bond donors (Lipinski definition) is 1. The highest BCUT2D eigenvalue weighted by Gasteiger charge is 2.39. The number of halogens is 1. The number of ketones is 1. The molecule has 1 heterocycles. The van der Waals surface area contributed by atoms with E-state index in [0.29, 0.717) is 17.3 Å². The lowest BCUT2D eigenvalue weighted by atomic mass is 10.3. The first kappa shape index (κ1) is 12.0. The molecule has 1 atom stereocenters. The molecule has 0 bridgehead atoms. The van der Waals surface area contributed by atoms with Gasteiger partial charge in [0.1, 0.15) is 0 Å². The first-order valence-corrected chi connectivity index (χ1v) is 5.53. The average molecular weight is 255 g/mol. The molecule has 0 aromatic heterocycles. The van der Waals surface area contributed by atoms with E-state index in [-0.39, 0.29) is 0 Å². The van der Waals surface area contributed by atoms with Crippen molar-refractivity contribution < 1.29 is 14.3 Å². The molecule has 1 aromatic rings. The van der Waals surface area contributed by atoms with Gasteiger partial charge in [-0.05, 0) is 31.2 Å². The molecule has 0 aliphatic carbocycles. The fourth-order valence-corrected chi connectivity index (χ4v) is 1.64. The molecular weight excluding hydrogens is 244 g/mol. The van der Waals surface area contributed by atoms with Gasteiger partial charge in [0.2, 0.25) is 0 Å². The normalized spacial score (nSPS) is 20.1. The van der Waals surface area contributed by atoms with Crippen molar-refractivity contribution >= 4 is 29.0 Å². The summed E-state index contributed by atoms with van der Waals surface area (Å²) in [6.07, 6.45) is -0.900. The third-order valence-corrected chi connectivity index (χ3v) is 2.57. The van der Waals surface area contributed by atoms with Crippen LogP contribution in [0.3, 0.4) is 0 Å². The first-order chi connectivity index (χ1) is 8.13. The van der Waals surface area contributed by atoms with Crippen molar-refractivity contribution in [3.05, 3.63) is 29.3 Å². The molecule has 2 rings (SSSR count). The Morgan fingerprint density at radius 3 is 2.59 bits per heavy atom. The lowest BCUT2D eigenvalue weighted by molar-refractivity contribution is -0.139. The summed E-state index contributed by atoms with van der Waals surface area (Å²) < 4.78 is 5.11. The van der Waals surface area contributed by atoms with E-state index in [1.54, 1.807) is 31.2 Å². The average Bonchev–Trinajstić information content (AvgIpc) is 2.59. The van der Waals surface area contributed by atoms with Gasteiger partial charge >= 0.3 is 5.91 Å². The largest absolute Gasteiger partial charge is 0.354 e. The van der Waals surface area contributed by atoms with Crippen LogP contribution in [0.1, 0.15) is 6.92 Å². The summed E-state index contributed by atoms with van der Waals surface area (Å²) in [5, 5.41) is 1.73. The number of hydrogen-bond acceptors (Lipinski definition) is 4. The highest BCUT2D eigenvalue weighted by Crippen LogP contribution is 2.20. The van der Waals surface area contributed by atoms with E-state index >= 15 is 0 Å². The molecule has 90 valence electrons. The fraction of sp³-hybridized carbons (Fsp3) is 0.273. The van der Waals surface area contributed by atoms with Gasteiger partial charge in [0.25, 0.3) is 5.78 Å². The Hall–Kier alpha value is -1.43. The number of carbonyl (C=O) groups excluding carboxylic acids is 2. The number of ether oxygens (including phenoxy) is 1. The molecular formula is C11H11ClN2O3. The Balaban J connectivity index is 2.20. The number of rotatable bonds is 3. The quantitative estimate of drug-likeness (QED) is 0.822. The molecule has 1 amide bonds. The standard InChI is InChI=1S/C11H11ClN2O3/c1-2-17-10-9(15)11(16)14(13-10)8-5-3-7(12)4-6-8/h3-6,10,13H,2H2,1H3. The van der Waals surface area contributed by atoms with Gasteiger partial charge in [0, 0.05) is 11.6 Å². The van der Waals surface area contributed by atoms with E-state index in [2.05, 4.69) is 5.43 Å². The van der Waals surface area contributed by atoms with Gasteiger partial charge in [-0.1, -0.05) is 11.6 Å². The molecule has 0 spiro atoms. The molecule has 17 heavy (non-hydrogen) atoms. The van der Waals surface area contributed by atoms with Crippen LogP contribution in [-0.4, -0.2) is 24.5 Å². The Bertz CT molecular complexity index is 447. The molecule has 1 fully saturated rings. The molecule has 0 saturated carbocycles. The monoisotopic (exact) mass is 254 g/mol. The molecule has 1 aliphatic rings. The second-order valence-corrected chi connectivity index (χ2v) is 3.88. The van der Waals surface area contributed by atoms with Crippen molar-refractivity contribution in [2.24, 2.45) is 0 Å². The number of carbonyl (C=O) groups is 2. The SMILES string of the molecule is CCOC1NN(c2ccc(Cl)cc2)C(=O)C1=O. The minimum absolute atomic E-state index is 0.352. The third-order valence-electron chi connectivity index (χ3n) is 2.32. The zero-order valence-corrected chi connectivity index (χ0v) is 9.90. The lowest BCUT2D eigenvalue weighted by Gasteiger charge is -2.16. The van der Waals surface area contributed by atoms with Gasteiger partial charge in [-0.15, -0.1) is 0 Å². The highest BCUT2D eigenvalue weighted by atomic mass is 35.5. The van der Waals surface area contributed by atoms with Gasteiger partial charge < -0.3 is 4.74 Å². The lowest BCUT2D eigenvalue weighted by Crippen LogP contribution is -2.38. The van der Waals surface area contributed by atoms with Crippen LogP contribution >= 0.6 is 11.6 Å². The third kappa shape index (κ3) is 2.31. The molecule has 1 saturated heterocycles. The van der Waals surface area contributed by atoms with Gasteiger partial charge in [-0.25, -0.2) is 5.01 Å². The second kappa shape index (κ2) is 4.83. The molecule has 0 radical (unpaired) electrons. The van der Waals surface area contributed by atoms with E-state index in [1.807, 2.05) is 0 Å². The van der Waals surface area contributed by atoms with E-state index < -0.39 is 17.9 Å². The number of nitrogens with one attached hydrogen (secondary N) is 1. The maximum absolute atomic E-state index is 11.7. The van der Waals surface area contributed by atoms with Gasteiger partial charge in [0.05, 0.1) is 5.69 Å². The van der Waals surface area contributed by atoms with Crippen molar-refractivity contribution in [3.8, 4) is 0 Å². The number of anilines is 1. The Morgan fingerprint density at radius 2 is 2.00 bits per heavy atom. The maximum Gasteiger partial charge on any atom is 0.313 e. The smallest absolute Gasteiger partial charge is 0.313 e. The Morgan fingerprint density at radius 1 is 1.35 bits per heavy atom. The van der Waals surface area contributed by atoms with Crippen LogP contribution in [0.5, 0.6) is 0 Å². The number of hydrazine groups is 1. The zero-order chi connectivity index (χ0) is 12.4. The zero-order valence-electron chi connectivity index (χ0n) is 9.14. The Labute approximate surface area is 103 Å². The minimum Gasteiger partial charge on any atom is -0.354 e. The van der Waals surface area contributed by atoms with Crippen LogP contribution in [0.15, 0.2) is 24.3 Å². The van der Waals surface area contributed by atoms with E-state index in [1.165, 1.54) is 5.01 Å². The summed E-state index contributed by atoms with van der Waals surface area (Å²) in [4.78, 5) is 23.2. The van der Waals surface area contributed by atoms with Gasteiger partial charge in [0.15, 0.2) is 6.23 Å². The number of nitrogens with zero attached hydrogens (tertiary/aromatic N) is 1.